The zero-order chi connectivity index (χ0) is 13.4. The standard InChI is InChI=1S/C17H24FN/c1-3-19-17(13-9-8-12(18)10-11(13)2)16-14-6-4-5-7-15(14)16/h8-10,14-17,19H,3-7H2,1-2H3. The first-order chi connectivity index (χ1) is 9.22. The van der Waals surface area contributed by atoms with Gasteiger partial charge in [-0.25, -0.2) is 4.39 Å². The Kier molecular flexibility index (Phi) is 3.62. The lowest BCUT2D eigenvalue weighted by atomic mass is 9.95. The van der Waals surface area contributed by atoms with E-state index in [4.69, 9.17) is 0 Å². The first-order valence-electron chi connectivity index (χ1n) is 7.71. The molecule has 2 aliphatic carbocycles. The van der Waals surface area contributed by atoms with Crippen molar-refractivity contribution in [2.24, 2.45) is 17.8 Å². The van der Waals surface area contributed by atoms with E-state index in [1.165, 1.54) is 31.2 Å². The van der Waals surface area contributed by atoms with Crippen molar-refractivity contribution < 1.29 is 4.39 Å². The van der Waals surface area contributed by atoms with Crippen molar-refractivity contribution in [3.8, 4) is 0 Å². The molecule has 0 spiro atoms. The Morgan fingerprint density at radius 2 is 1.95 bits per heavy atom. The van der Waals surface area contributed by atoms with E-state index >= 15 is 0 Å². The molecule has 19 heavy (non-hydrogen) atoms. The maximum atomic E-state index is 13.3. The Morgan fingerprint density at radius 3 is 2.53 bits per heavy atom. The average Bonchev–Trinajstić information content (AvgIpc) is 3.11. The van der Waals surface area contributed by atoms with Gasteiger partial charge < -0.3 is 5.32 Å². The monoisotopic (exact) mass is 261 g/mol. The SMILES string of the molecule is CCNC(c1ccc(F)cc1C)C1C2CCCCC21. The molecule has 2 saturated carbocycles. The van der Waals surface area contributed by atoms with Crippen molar-refractivity contribution in [3.05, 3.63) is 35.1 Å². The zero-order valence-electron chi connectivity index (χ0n) is 12.0. The van der Waals surface area contributed by atoms with Crippen LogP contribution < -0.4 is 5.32 Å². The minimum absolute atomic E-state index is 0.121. The lowest BCUT2D eigenvalue weighted by molar-refractivity contribution is 0.454. The molecule has 1 aromatic carbocycles. The second kappa shape index (κ2) is 5.24. The Labute approximate surface area is 115 Å². The van der Waals surface area contributed by atoms with Gasteiger partial charge in [0, 0.05) is 6.04 Å². The number of benzene rings is 1. The van der Waals surface area contributed by atoms with Crippen molar-refractivity contribution in [2.45, 2.75) is 45.6 Å². The Bertz CT molecular complexity index is 445. The zero-order valence-corrected chi connectivity index (χ0v) is 12.0. The van der Waals surface area contributed by atoms with E-state index in [9.17, 15) is 4.39 Å². The summed E-state index contributed by atoms with van der Waals surface area (Å²) in [5, 5.41) is 3.66. The molecule has 3 rings (SSSR count). The van der Waals surface area contributed by atoms with E-state index in [-0.39, 0.29) is 5.82 Å². The summed E-state index contributed by atoms with van der Waals surface area (Å²) in [6, 6.07) is 5.70. The van der Waals surface area contributed by atoms with Crippen molar-refractivity contribution in [3.63, 3.8) is 0 Å². The number of rotatable bonds is 4. The molecule has 0 heterocycles. The number of hydrogen-bond acceptors (Lipinski definition) is 1. The molecule has 1 N–H and O–H groups in total. The average molecular weight is 261 g/mol. The number of nitrogens with one attached hydrogen (secondary N) is 1. The number of halogens is 1. The third kappa shape index (κ3) is 2.43. The minimum atomic E-state index is -0.121. The van der Waals surface area contributed by atoms with Crippen LogP contribution in [-0.2, 0) is 0 Å². The van der Waals surface area contributed by atoms with Crippen LogP contribution in [0.25, 0.3) is 0 Å². The predicted molar refractivity (Wildman–Crippen MR) is 76.5 cm³/mol. The molecule has 2 fully saturated rings. The summed E-state index contributed by atoms with van der Waals surface area (Å²) in [5.74, 6) is 2.50. The van der Waals surface area contributed by atoms with Crippen molar-refractivity contribution in [2.75, 3.05) is 6.54 Å². The van der Waals surface area contributed by atoms with Crippen LogP contribution >= 0.6 is 0 Å². The highest BCUT2D eigenvalue weighted by Crippen LogP contribution is 2.60. The fourth-order valence-electron chi connectivity index (χ4n) is 4.20. The van der Waals surface area contributed by atoms with Gasteiger partial charge in [-0.2, -0.15) is 0 Å². The number of fused-ring (bicyclic) bond motifs is 1. The van der Waals surface area contributed by atoms with Crippen LogP contribution in [0.15, 0.2) is 18.2 Å². The fraction of sp³-hybridized carbons (Fsp3) is 0.647. The highest BCUT2D eigenvalue weighted by atomic mass is 19.1. The van der Waals surface area contributed by atoms with E-state index in [2.05, 4.69) is 12.2 Å². The lowest BCUT2D eigenvalue weighted by Crippen LogP contribution is -2.24. The molecule has 0 bridgehead atoms. The molecule has 104 valence electrons. The Hall–Kier alpha value is -0.890. The third-order valence-electron chi connectivity index (χ3n) is 5.10. The van der Waals surface area contributed by atoms with Gasteiger partial charge in [0.25, 0.3) is 0 Å². The molecule has 0 saturated heterocycles. The van der Waals surface area contributed by atoms with Crippen LogP contribution in [0.1, 0.15) is 49.8 Å². The lowest BCUT2D eigenvalue weighted by Gasteiger charge is -2.21. The molecule has 2 aliphatic rings. The van der Waals surface area contributed by atoms with E-state index in [1.807, 2.05) is 13.0 Å². The third-order valence-corrected chi connectivity index (χ3v) is 5.10. The van der Waals surface area contributed by atoms with Gasteiger partial charge in [-0.3, -0.25) is 0 Å². The van der Waals surface area contributed by atoms with Gasteiger partial charge in [-0.15, -0.1) is 0 Å². The van der Waals surface area contributed by atoms with Gasteiger partial charge in [-0.1, -0.05) is 25.8 Å². The van der Waals surface area contributed by atoms with E-state index in [0.29, 0.717) is 6.04 Å². The first-order valence-corrected chi connectivity index (χ1v) is 7.71. The fourth-order valence-corrected chi connectivity index (χ4v) is 4.20. The van der Waals surface area contributed by atoms with Gasteiger partial charge in [0.2, 0.25) is 0 Å². The summed E-state index contributed by atoms with van der Waals surface area (Å²) in [4.78, 5) is 0. The minimum Gasteiger partial charge on any atom is -0.310 e. The Morgan fingerprint density at radius 1 is 1.26 bits per heavy atom. The summed E-state index contributed by atoms with van der Waals surface area (Å²) in [6.45, 7) is 5.18. The second-order valence-electron chi connectivity index (χ2n) is 6.23. The maximum absolute atomic E-state index is 13.3. The molecule has 0 radical (unpaired) electrons. The Balaban J connectivity index is 1.84. The predicted octanol–water partition coefficient (Wildman–Crippen LogP) is 4.22. The van der Waals surface area contributed by atoms with Gasteiger partial charge in [0.05, 0.1) is 0 Å². The molecular formula is C17H24FN. The molecule has 0 aliphatic heterocycles. The molecule has 3 atom stereocenters. The topological polar surface area (TPSA) is 12.0 Å². The summed E-state index contributed by atoms with van der Waals surface area (Å²) in [6.07, 6.45) is 5.60. The number of aryl methyl sites for hydroxylation is 1. The highest BCUT2D eigenvalue weighted by molar-refractivity contribution is 5.32. The van der Waals surface area contributed by atoms with Gasteiger partial charge in [0.1, 0.15) is 5.82 Å². The quantitative estimate of drug-likeness (QED) is 0.855. The van der Waals surface area contributed by atoms with E-state index in [0.717, 1.165) is 29.9 Å². The van der Waals surface area contributed by atoms with Crippen molar-refractivity contribution in [1.29, 1.82) is 0 Å². The van der Waals surface area contributed by atoms with Crippen LogP contribution in [0.5, 0.6) is 0 Å². The molecule has 0 amide bonds. The first kappa shape index (κ1) is 13.1. The summed E-state index contributed by atoms with van der Waals surface area (Å²) >= 11 is 0. The highest BCUT2D eigenvalue weighted by Gasteiger charge is 2.54. The van der Waals surface area contributed by atoms with Gasteiger partial charge in [0.15, 0.2) is 0 Å². The van der Waals surface area contributed by atoms with Crippen LogP contribution in [0.3, 0.4) is 0 Å². The molecule has 2 heteroatoms. The van der Waals surface area contributed by atoms with Crippen LogP contribution in [-0.4, -0.2) is 6.54 Å². The second-order valence-corrected chi connectivity index (χ2v) is 6.23. The van der Waals surface area contributed by atoms with E-state index in [1.54, 1.807) is 12.1 Å². The van der Waals surface area contributed by atoms with Gasteiger partial charge in [-0.05, 0) is 67.3 Å². The van der Waals surface area contributed by atoms with Crippen LogP contribution in [0, 0.1) is 30.5 Å². The summed E-state index contributed by atoms with van der Waals surface area (Å²) < 4.78 is 13.3. The summed E-state index contributed by atoms with van der Waals surface area (Å²) in [7, 11) is 0. The largest absolute Gasteiger partial charge is 0.310 e. The summed E-state index contributed by atoms with van der Waals surface area (Å²) in [5.41, 5.74) is 2.40. The van der Waals surface area contributed by atoms with E-state index < -0.39 is 0 Å². The molecule has 1 aromatic rings. The molecule has 1 nitrogen and oxygen atoms in total. The molecule has 3 unspecified atom stereocenters. The van der Waals surface area contributed by atoms with Crippen LogP contribution in [0.2, 0.25) is 0 Å². The maximum Gasteiger partial charge on any atom is 0.123 e. The smallest absolute Gasteiger partial charge is 0.123 e. The number of hydrogen-bond donors (Lipinski definition) is 1. The van der Waals surface area contributed by atoms with Crippen LogP contribution in [0.4, 0.5) is 4.39 Å². The van der Waals surface area contributed by atoms with Gasteiger partial charge >= 0.3 is 0 Å². The molecule has 0 aromatic heterocycles. The normalized spacial score (nSPS) is 30.8. The molecular weight excluding hydrogens is 237 g/mol. The van der Waals surface area contributed by atoms with Crippen molar-refractivity contribution in [1.82, 2.24) is 5.32 Å². The van der Waals surface area contributed by atoms with Crippen molar-refractivity contribution >= 4 is 0 Å².